The second-order valence-electron chi connectivity index (χ2n) is 4.99. The summed E-state index contributed by atoms with van der Waals surface area (Å²) >= 11 is 0. The van der Waals surface area contributed by atoms with Crippen molar-refractivity contribution < 1.29 is 14.9 Å². The minimum atomic E-state index is -0.269. The van der Waals surface area contributed by atoms with Crippen molar-refractivity contribution in [3.8, 4) is 0 Å². The molecule has 0 bridgehead atoms. The molecule has 0 aliphatic carbocycles. The van der Waals surface area contributed by atoms with E-state index in [1.54, 1.807) is 10.9 Å². The summed E-state index contributed by atoms with van der Waals surface area (Å²) in [5, 5.41) is 18.7. The number of hydrogen-bond donors (Lipinski definition) is 3. The van der Waals surface area contributed by atoms with Crippen molar-refractivity contribution in [1.82, 2.24) is 19.5 Å². The van der Waals surface area contributed by atoms with Crippen molar-refractivity contribution in [2.24, 2.45) is 11.8 Å². The summed E-state index contributed by atoms with van der Waals surface area (Å²) in [6, 6.07) is 0. The van der Waals surface area contributed by atoms with Crippen LogP contribution < -0.4 is 5.73 Å². The molecule has 0 radical (unpaired) electrons. The number of nitrogens with zero attached hydrogens (tertiary/aromatic N) is 4. The molecular formula is C12H17N5O3. The molecule has 0 aromatic carbocycles. The van der Waals surface area contributed by atoms with Crippen molar-refractivity contribution >= 4 is 17.0 Å². The van der Waals surface area contributed by atoms with Crippen LogP contribution in [0.25, 0.3) is 11.2 Å². The second-order valence-corrected chi connectivity index (χ2v) is 4.99. The van der Waals surface area contributed by atoms with Gasteiger partial charge >= 0.3 is 0 Å². The molecule has 8 heteroatoms. The fraction of sp³-hybridized carbons (Fsp3) is 0.583. The molecule has 1 saturated heterocycles. The van der Waals surface area contributed by atoms with E-state index in [1.807, 2.05) is 0 Å². The van der Waals surface area contributed by atoms with E-state index in [2.05, 4.69) is 15.0 Å². The Morgan fingerprint density at radius 3 is 2.80 bits per heavy atom. The first-order valence-electron chi connectivity index (χ1n) is 6.51. The zero-order valence-electron chi connectivity index (χ0n) is 10.9. The number of ether oxygens (including phenoxy) is 1. The standard InChI is InChI=1S/C12H17N5O3/c13-11-10-12(15-5-14-11)17(6-16-10)9-1-7(2-18)8(3-19)4-20-9/h5-9,18-19H,1-4H2,(H2,13,14,15). The van der Waals surface area contributed by atoms with Crippen LogP contribution in [0.4, 0.5) is 5.82 Å². The number of anilines is 1. The van der Waals surface area contributed by atoms with E-state index < -0.39 is 0 Å². The fourth-order valence-corrected chi connectivity index (χ4v) is 2.59. The van der Waals surface area contributed by atoms with Crippen molar-refractivity contribution in [2.45, 2.75) is 12.6 Å². The summed E-state index contributed by atoms with van der Waals surface area (Å²) in [5.74, 6) is 0.289. The van der Waals surface area contributed by atoms with Crippen LogP contribution in [-0.4, -0.2) is 49.6 Å². The van der Waals surface area contributed by atoms with E-state index in [9.17, 15) is 10.2 Å². The zero-order chi connectivity index (χ0) is 14.1. The van der Waals surface area contributed by atoms with Crippen molar-refractivity contribution in [2.75, 3.05) is 25.6 Å². The number of fused-ring (bicyclic) bond motifs is 1. The van der Waals surface area contributed by atoms with Crippen LogP contribution in [-0.2, 0) is 4.74 Å². The van der Waals surface area contributed by atoms with Gasteiger partial charge in [0.25, 0.3) is 0 Å². The van der Waals surface area contributed by atoms with Crippen molar-refractivity contribution in [3.05, 3.63) is 12.7 Å². The number of aliphatic hydroxyl groups is 2. The number of rotatable bonds is 3. The van der Waals surface area contributed by atoms with Gasteiger partial charge in [0.2, 0.25) is 0 Å². The lowest BCUT2D eigenvalue weighted by Crippen LogP contribution is -2.35. The fourth-order valence-electron chi connectivity index (χ4n) is 2.59. The van der Waals surface area contributed by atoms with Gasteiger partial charge in [0.15, 0.2) is 11.5 Å². The number of aliphatic hydroxyl groups excluding tert-OH is 2. The Kier molecular flexibility index (Phi) is 3.51. The molecule has 2 aromatic heterocycles. The summed E-state index contributed by atoms with van der Waals surface area (Å²) < 4.78 is 7.55. The largest absolute Gasteiger partial charge is 0.396 e. The summed E-state index contributed by atoms with van der Waals surface area (Å²) in [6.07, 6.45) is 3.33. The summed E-state index contributed by atoms with van der Waals surface area (Å²) in [5.41, 5.74) is 6.91. The van der Waals surface area contributed by atoms with Crippen molar-refractivity contribution in [3.63, 3.8) is 0 Å². The van der Waals surface area contributed by atoms with Gasteiger partial charge < -0.3 is 20.7 Å². The second kappa shape index (κ2) is 5.31. The number of hydrogen-bond acceptors (Lipinski definition) is 7. The first-order chi connectivity index (χ1) is 9.74. The lowest BCUT2D eigenvalue weighted by Gasteiger charge is -2.34. The van der Waals surface area contributed by atoms with Crippen LogP contribution in [0.3, 0.4) is 0 Å². The van der Waals surface area contributed by atoms with Crippen molar-refractivity contribution in [1.29, 1.82) is 0 Å². The molecule has 3 unspecified atom stereocenters. The van der Waals surface area contributed by atoms with E-state index in [-0.39, 0.29) is 31.3 Å². The highest BCUT2D eigenvalue weighted by atomic mass is 16.5. The first-order valence-corrected chi connectivity index (χ1v) is 6.51. The van der Waals surface area contributed by atoms with Crippen LogP contribution in [0.1, 0.15) is 12.6 Å². The van der Waals surface area contributed by atoms with Crippen LogP contribution >= 0.6 is 0 Å². The quantitative estimate of drug-likeness (QED) is 0.695. The number of aromatic nitrogens is 4. The molecule has 3 heterocycles. The van der Waals surface area contributed by atoms with Gasteiger partial charge in [-0.05, 0) is 12.3 Å². The number of nitrogen functional groups attached to an aromatic ring is 1. The molecule has 3 rings (SSSR count). The van der Waals surface area contributed by atoms with E-state index >= 15 is 0 Å². The molecule has 4 N–H and O–H groups in total. The van der Waals surface area contributed by atoms with Gasteiger partial charge in [0.05, 0.1) is 12.9 Å². The molecule has 108 valence electrons. The smallest absolute Gasteiger partial charge is 0.167 e. The van der Waals surface area contributed by atoms with Gasteiger partial charge in [-0.2, -0.15) is 0 Å². The predicted molar refractivity (Wildman–Crippen MR) is 70.5 cm³/mol. The minimum absolute atomic E-state index is 0.00427. The summed E-state index contributed by atoms with van der Waals surface area (Å²) in [6.45, 7) is 0.430. The van der Waals surface area contributed by atoms with Gasteiger partial charge in [-0.25, -0.2) is 15.0 Å². The molecule has 2 aromatic rings. The highest BCUT2D eigenvalue weighted by molar-refractivity contribution is 5.81. The molecule has 1 aliphatic heterocycles. The molecule has 8 nitrogen and oxygen atoms in total. The Balaban J connectivity index is 1.90. The zero-order valence-corrected chi connectivity index (χ0v) is 10.9. The highest BCUT2D eigenvalue weighted by Crippen LogP contribution is 2.32. The first kappa shape index (κ1) is 13.2. The van der Waals surface area contributed by atoms with Crippen LogP contribution in [0.5, 0.6) is 0 Å². The van der Waals surface area contributed by atoms with Gasteiger partial charge in [-0.15, -0.1) is 0 Å². The van der Waals surface area contributed by atoms with Crippen LogP contribution in [0.15, 0.2) is 12.7 Å². The molecule has 0 saturated carbocycles. The highest BCUT2D eigenvalue weighted by Gasteiger charge is 2.32. The molecule has 1 aliphatic rings. The Labute approximate surface area is 115 Å². The Morgan fingerprint density at radius 1 is 1.25 bits per heavy atom. The van der Waals surface area contributed by atoms with Crippen LogP contribution in [0.2, 0.25) is 0 Å². The lowest BCUT2D eigenvalue weighted by molar-refractivity contribution is -0.104. The molecule has 0 spiro atoms. The molecule has 3 atom stereocenters. The number of imidazole rings is 1. The SMILES string of the molecule is Nc1ncnc2c1ncn2C1CC(CO)C(CO)CO1. The molecule has 1 fully saturated rings. The third-order valence-corrected chi connectivity index (χ3v) is 3.84. The Hall–Kier alpha value is -1.77. The lowest BCUT2D eigenvalue weighted by atomic mass is 9.88. The maximum Gasteiger partial charge on any atom is 0.167 e. The third kappa shape index (κ3) is 2.11. The van der Waals surface area contributed by atoms with Gasteiger partial charge in [0, 0.05) is 19.1 Å². The maximum atomic E-state index is 9.43. The van der Waals surface area contributed by atoms with E-state index in [0.717, 1.165) is 0 Å². The maximum absolute atomic E-state index is 9.43. The van der Waals surface area contributed by atoms with Gasteiger partial charge in [0.1, 0.15) is 18.1 Å². The predicted octanol–water partition coefficient (Wildman–Crippen LogP) is -0.456. The third-order valence-electron chi connectivity index (χ3n) is 3.84. The average molecular weight is 279 g/mol. The Morgan fingerprint density at radius 2 is 2.05 bits per heavy atom. The molecular weight excluding hydrogens is 262 g/mol. The Bertz CT molecular complexity index is 602. The van der Waals surface area contributed by atoms with Gasteiger partial charge in [-0.1, -0.05) is 0 Å². The monoisotopic (exact) mass is 279 g/mol. The summed E-state index contributed by atoms with van der Waals surface area (Å²) in [7, 11) is 0. The minimum Gasteiger partial charge on any atom is -0.396 e. The molecule has 20 heavy (non-hydrogen) atoms. The topological polar surface area (TPSA) is 119 Å². The molecule has 0 amide bonds. The van der Waals surface area contributed by atoms with E-state index in [1.165, 1.54) is 6.33 Å². The number of nitrogens with two attached hydrogens (primary N) is 1. The van der Waals surface area contributed by atoms with E-state index in [0.29, 0.717) is 30.0 Å². The van der Waals surface area contributed by atoms with E-state index in [4.69, 9.17) is 10.5 Å². The average Bonchev–Trinajstić information content (AvgIpc) is 2.92. The van der Waals surface area contributed by atoms with Crippen LogP contribution in [0, 0.1) is 11.8 Å². The normalized spacial score (nSPS) is 27.0. The van der Waals surface area contributed by atoms with Gasteiger partial charge in [-0.3, -0.25) is 4.57 Å². The summed E-state index contributed by atoms with van der Waals surface area (Å²) in [4.78, 5) is 12.3.